The van der Waals surface area contributed by atoms with Gasteiger partial charge in [0.05, 0.1) is 10.7 Å². The normalized spacial score (nSPS) is 10.1. The number of halogens is 1. The summed E-state index contributed by atoms with van der Waals surface area (Å²) in [6, 6.07) is 4.72. The third kappa shape index (κ3) is 4.63. The van der Waals surface area contributed by atoms with Crippen LogP contribution in [0, 0.1) is 0 Å². The summed E-state index contributed by atoms with van der Waals surface area (Å²) in [4.78, 5) is 22.2. The number of anilines is 1. The molecule has 1 aromatic rings. The molecule has 0 aliphatic heterocycles. The zero-order chi connectivity index (χ0) is 13.5. The van der Waals surface area contributed by atoms with E-state index in [0.717, 1.165) is 0 Å². The van der Waals surface area contributed by atoms with Crippen molar-refractivity contribution in [2.24, 2.45) is 5.73 Å². The summed E-state index contributed by atoms with van der Waals surface area (Å²) in [6.45, 7) is 0.495. The van der Waals surface area contributed by atoms with Crippen LogP contribution in [0.4, 0.5) is 5.69 Å². The SMILES string of the molecule is NC(=O)CCCCNC(=O)c1ccc(Cl)c(N)c1. The fourth-order valence-corrected chi connectivity index (χ4v) is 1.53. The lowest BCUT2D eigenvalue weighted by atomic mass is 10.2. The molecule has 0 aliphatic rings. The van der Waals surface area contributed by atoms with E-state index in [2.05, 4.69) is 5.32 Å². The van der Waals surface area contributed by atoms with Crippen LogP contribution in [0.15, 0.2) is 18.2 Å². The highest BCUT2D eigenvalue weighted by molar-refractivity contribution is 6.33. The first-order valence-electron chi connectivity index (χ1n) is 5.62. The van der Waals surface area contributed by atoms with Crippen LogP contribution in [0.25, 0.3) is 0 Å². The Labute approximate surface area is 110 Å². The van der Waals surface area contributed by atoms with Crippen molar-refractivity contribution in [2.45, 2.75) is 19.3 Å². The number of nitrogens with one attached hydrogen (secondary N) is 1. The van der Waals surface area contributed by atoms with Gasteiger partial charge in [0.25, 0.3) is 5.91 Å². The number of hydrogen-bond donors (Lipinski definition) is 3. The highest BCUT2D eigenvalue weighted by Crippen LogP contribution is 2.19. The Kier molecular flexibility index (Phi) is 5.45. The molecule has 0 fully saturated rings. The van der Waals surface area contributed by atoms with Crippen molar-refractivity contribution in [3.05, 3.63) is 28.8 Å². The number of nitrogens with two attached hydrogens (primary N) is 2. The maximum atomic E-state index is 11.7. The van der Waals surface area contributed by atoms with Crippen LogP contribution in [0.1, 0.15) is 29.6 Å². The molecule has 0 unspecified atom stereocenters. The zero-order valence-corrected chi connectivity index (χ0v) is 10.7. The molecule has 0 radical (unpaired) electrons. The van der Waals surface area contributed by atoms with E-state index in [4.69, 9.17) is 23.1 Å². The van der Waals surface area contributed by atoms with Crippen molar-refractivity contribution >= 4 is 29.1 Å². The van der Waals surface area contributed by atoms with Gasteiger partial charge in [0.1, 0.15) is 0 Å². The maximum Gasteiger partial charge on any atom is 0.251 e. The second kappa shape index (κ2) is 6.86. The quantitative estimate of drug-likeness (QED) is 0.536. The minimum absolute atomic E-state index is 0.211. The van der Waals surface area contributed by atoms with E-state index in [9.17, 15) is 9.59 Å². The second-order valence-corrected chi connectivity index (χ2v) is 4.32. The summed E-state index contributed by atoms with van der Waals surface area (Å²) in [5, 5.41) is 3.15. The molecule has 1 rings (SSSR count). The van der Waals surface area contributed by atoms with Gasteiger partial charge in [-0.05, 0) is 31.0 Å². The molecule has 5 N–H and O–H groups in total. The van der Waals surface area contributed by atoms with Crippen molar-refractivity contribution in [2.75, 3.05) is 12.3 Å². The van der Waals surface area contributed by atoms with Crippen molar-refractivity contribution in [1.29, 1.82) is 0 Å². The average Bonchev–Trinajstić information content (AvgIpc) is 2.31. The number of amides is 2. The summed E-state index contributed by atoms with van der Waals surface area (Å²) < 4.78 is 0. The molecule has 6 heteroatoms. The topological polar surface area (TPSA) is 98.2 Å². The highest BCUT2D eigenvalue weighted by atomic mass is 35.5. The largest absolute Gasteiger partial charge is 0.398 e. The van der Waals surface area contributed by atoms with Gasteiger partial charge < -0.3 is 16.8 Å². The van der Waals surface area contributed by atoms with Gasteiger partial charge in [0, 0.05) is 18.5 Å². The van der Waals surface area contributed by atoms with E-state index < -0.39 is 0 Å². The van der Waals surface area contributed by atoms with Crippen LogP contribution in [-0.4, -0.2) is 18.4 Å². The second-order valence-electron chi connectivity index (χ2n) is 3.92. The van der Waals surface area contributed by atoms with Crippen LogP contribution < -0.4 is 16.8 Å². The number of carbonyl (C=O) groups is 2. The number of benzene rings is 1. The molecule has 0 atom stereocenters. The fraction of sp³-hybridized carbons (Fsp3) is 0.333. The van der Waals surface area contributed by atoms with Gasteiger partial charge in [-0.15, -0.1) is 0 Å². The van der Waals surface area contributed by atoms with Gasteiger partial charge in [-0.1, -0.05) is 11.6 Å². The van der Waals surface area contributed by atoms with Crippen LogP contribution in [-0.2, 0) is 4.79 Å². The number of rotatable bonds is 6. The molecule has 5 nitrogen and oxygen atoms in total. The predicted molar refractivity (Wildman–Crippen MR) is 71.2 cm³/mol. The van der Waals surface area contributed by atoms with Gasteiger partial charge >= 0.3 is 0 Å². The summed E-state index contributed by atoms with van der Waals surface area (Å²) in [5.41, 5.74) is 11.4. The highest BCUT2D eigenvalue weighted by Gasteiger charge is 2.06. The van der Waals surface area contributed by atoms with E-state index in [-0.39, 0.29) is 11.8 Å². The molecule has 0 aromatic heterocycles. The number of nitrogen functional groups attached to an aromatic ring is 1. The fourth-order valence-electron chi connectivity index (χ4n) is 1.41. The molecule has 0 bridgehead atoms. The molecule has 0 heterocycles. The zero-order valence-electron chi connectivity index (χ0n) is 9.91. The number of unbranched alkanes of at least 4 members (excludes halogenated alkanes) is 1. The van der Waals surface area contributed by atoms with E-state index in [1.165, 1.54) is 6.07 Å². The first kappa shape index (κ1) is 14.3. The third-order valence-electron chi connectivity index (χ3n) is 2.39. The molecule has 98 valence electrons. The molecule has 0 saturated heterocycles. The van der Waals surface area contributed by atoms with Gasteiger partial charge in [0.2, 0.25) is 5.91 Å². The number of carbonyl (C=O) groups excluding carboxylic acids is 2. The van der Waals surface area contributed by atoms with E-state index >= 15 is 0 Å². The minimum atomic E-state index is -0.327. The average molecular weight is 270 g/mol. The molecule has 18 heavy (non-hydrogen) atoms. The van der Waals surface area contributed by atoms with E-state index in [0.29, 0.717) is 42.1 Å². The molecule has 1 aromatic carbocycles. The number of hydrogen-bond acceptors (Lipinski definition) is 3. The van der Waals surface area contributed by atoms with Crippen molar-refractivity contribution in [3.8, 4) is 0 Å². The first-order chi connectivity index (χ1) is 8.50. The Morgan fingerprint density at radius 2 is 2.00 bits per heavy atom. The molecule has 0 spiro atoms. The summed E-state index contributed by atoms with van der Waals surface area (Å²) >= 11 is 5.76. The number of primary amides is 1. The smallest absolute Gasteiger partial charge is 0.251 e. The Balaban J connectivity index is 2.36. The Morgan fingerprint density at radius 1 is 1.28 bits per heavy atom. The predicted octanol–water partition coefficient (Wildman–Crippen LogP) is 1.31. The third-order valence-corrected chi connectivity index (χ3v) is 2.74. The molecular formula is C12H16ClN3O2. The summed E-state index contributed by atoms with van der Waals surface area (Å²) in [7, 11) is 0. The van der Waals surface area contributed by atoms with Crippen LogP contribution in [0.3, 0.4) is 0 Å². The van der Waals surface area contributed by atoms with Crippen molar-refractivity contribution in [3.63, 3.8) is 0 Å². The van der Waals surface area contributed by atoms with E-state index in [1.807, 2.05) is 0 Å². The molecule has 0 aliphatic carbocycles. The summed E-state index contributed by atoms with van der Waals surface area (Å²) in [6.07, 6.45) is 1.71. The summed E-state index contributed by atoms with van der Waals surface area (Å²) in [5.74, 6) is -0.538. The lowest BCUT2D eigenvalue weighted by Gasteiger charge is -2.06. The Morgan fingerprint density at radius 3 is 2.61 bits per heavy atom. The van der Waals surface area contributed by atoms with Crippen LogP contribution in [0.5, 0.6) is 0 Å². The van der Waals surface area contributed by atoms with Gasteiger partial charge in [-0.3, -0.25) is 9.59 Å². The Bertz CT molecular complexity index is 449. The van der Waals surface area contributed by atoms with Gasteiger partial charge in [0.15, 0.2) is 0 Å². The van der Waals surface area contributed by atoms with Gasteiger partial charge in [-0.25, -0.2) is 0 Å². The van der Waals surface area contributed by atoms with E-state index in [1.54, 1.807) is 12.1 Å². The standard InChI is InChI=1S/C12H16ClN3O2/c13-9-5-4-8(7-10(9)14)12(18)16-6-2-1-3-11(15)17/h4-5,7H,1-3,6,14H2,(H2,15,17)(H,16,18). The first-order valence-corrected chi connectivity index (χ1v) is 6.00. The van der Waals surface area contributed by atoms with Crippen LogP contribution in [0.2, 0.25) is 5.02 Å². The monoisotopic (exact) mass is 269 g/mol. The molecular weight excluding hydrogens is 254 g/mol. The minimum Gasteiger partial charge on any atom is -0.398 e. The lowest BCUT2D eigenvalue weighted by molar-refractivity contribution is -0.118. The lowest BCUT2D eigenvalue weighted by Crippen LogP contribution is -2.24. The van der Waals surface area contributed by atoms with Gasteiger partial charge in [-0.2, -0.15) is 0 Å². The van der Waals surface area contributed by atoms with Crippen molar-refractivity contribution < 1.29 is 9.59 Å². The molecule has 0 saturated carbocycles. The Hall–Kier alpha value is -1.75. The van der Waals surface area contributed by atoms with Crippen LogP contribution >= 0.6 is 11.6 Å². The molecule has 2 amide bonds. The van der Waals surface area contributed by atoms with Crippen molar-refractivity contribution in [1.82, 2.24) is 5.32 Å². The maximum absolute atomic E-state index is 11.7.